The molecule has 29 heavy (non-hydrogen) atoms. The highest BCUT2D eigenvalue weighted by Gasteiger charge is 2.40. The fourth-order valence-corrected chi connectivity index (χ4v) is 28.3. The summed E-state index contributed by atoms with van der Waals surface area (Å²) in [7, 11) is -3.70. The molecule has 0 saturated carbocycles. The van der Waals surface area contributed by atoms with Crippen molar-refractivity contribution < 1.29 is 8.23 Å². The quantitative estimate of drug-likeness (QED) is 0.259. The lowest BCUT2D eigenvalue weighted by Crippen LogP contribution is -2.59. The van der Waals surface area contributed by atoms with Gasteiger partial charge in [-0.05, 0) is 91.4 Å². The van der Waals surface area contributed by atoms with Crippen LogP contribution in [0.2, 0.25) is 90.7 Å². The van der Waals surface area contributed by atoms with E-state index in [1.54, 1.807) is 0 Å². The van der Waals surface area contributed by atoms with Gasteiger partial charge in [-0.2, -0.15) is 0 Å². The van der Waals surface area contributed by atoms with Crippen LogP contribution in [0.15, 0.2) is 0 Å². The first kappa shape index (κ1) is 29.9. The standard InChI is InChI=1S/C20H54N2O2Si5/c1-21(2)17-15-19-27(9,10)23-29(13,14)24-28(11,12)20-16-18-22(25(3,4)5)26(6,7)8/h15-20H2,1-14H3. The van der Waals surface area contributed by atoms with Gasteiger partial charge in [-0.15, -0.1) is 0 Å². The average Bonchev–Trinajstić information content (AvgIpc) is 2.37. The molecular formula is C20H54N2O2Si5. The molecule has 9 heteroatoms. The Bertz CT molecular complexity index is 472. The molecule has 0 aromatic carbocycles. The Hall–Kier alpha value is 0.924. The zero-order chi connectivity index (χ0) is 23.3. The van der Waals surface area contributed by atoms with E-state index >= 15 is 0 Å². The minimum Gasteiger partial charge on any atom is -0.437 e. The van der Waals surface area contributed by atoms with Gasteiger partial charge in [-0.25, -0.2) is 0 Å². The van der Waals surface area contributed by atoms with Gasteiger partial charge in [0, 0.05) is 0 Å². The number of hydrogen-bond acceptors (Lipinski definition) is 4. The molecule has 0 aromatic rings. The predicted octanol–water partition coefficient (Wildman–Crippen LogP) is 6.45. The first-order chi connectivity index (χ1) is 12.7. The zero-order valence-electron chi connectivity index (χ0n) is 22.5. The molecular weight excluding hydrogens is 441 g/mol. The fourth-order valence-electron chi connectivity index (χ4n) is 4.61. The van der Waals surface area contributed by atoms with Gasteiger partial charge in [0.1, 0.15) is 16.5 Å². The van der Waals surface area contributed by atoms with Gasteiger partial charge in [0.15, 0.2) is 16.6 Å². The van der Waals surface area contributed by atoms with E-state index in [-0.39, 0.29) is 0 Å². The molecule has 0 atom stereocenters. The van der Waals surface area contributed by atoms with Crippen LogP contribution in [0.25, 0.3) is 0 Å². The molecule has 0 radical (unpaired) electrons. The Morgan fingerprint density at radius 2 is 0.897 bits per heavy atom. The monoisotopic (exact) mass is 494 g/mol. The molecule has 0 N–H and O–H groups in total. The predicted molar refractivity (Wildman–Crippen MR) is 145 cm³/mol. The summed E-state index contributed by atoms with van der Waals surface area (Å²) in [6.07, 6.45) is 2.49. The zero-order valence-corrected chi connectivity index (χ0v) is 27.5. The summed E-state index contributed by atoms with van der Waals surface area (Å²) in [5.41, 5.74) is 0. The fraction of sp³-hybridized carbons (Fsp3) is 1.00. The molecule has 0 unspecified atom stereocenters. The lowest BCUT2D eigenvalue weighted by Gasteiger charge is -2.44. The minimum absolute atomic E-state index is 1.15. The summed E-state index contributed by atoms with van der Waals surface area (Å²) in [4.78, 5) is 2.27. The van der Waals surface area contributed by atoms with Crippen LogP contribution in [0.3, 0.4) is 0 Å². The van der Waals surface area contributed by atoms with Crippen molar-refractivity contribution in [3.05, 3.63) is 0 Å². The first-order valence-corrected chi connectivity index (χ1v) is 27.4. The molecule has 0 aliphatic rings. The third-order valence-corrected chi connectivity index (χ3v) is 24.4. The largest absolute Gasteiger partial charge is 0.437 e. The van der Waals surface area contributed by atoms with Crippen LogP contribution >= 0.6 is 0 Å². The molecule has 0 aliphatic heterocycles. The van der Waals surface area contributed by atoms with E-state index in [0.717, 1.165) is 6.54 Å². The molecule has 4 nitrogen and oxygen atoms in total. The summed E-state index contributed by atoms with van der Waals surface area (Å²) in [5.74, 6) is 0. The van der Waals surface area contributed by atoms with Crippen LogP contribution in [0, 0.1) is 0 Å². The Labute approximate surface area is 189 Å². The smallest absolute Gasteiger partial charge is 0.311 e. The van der Waals surface area contributed by atoms with Crippen LogP contribution in [-0.4, -0.2) is 78.0 Å². The van der Waals surface area contributed by atoms with Crippen molar-refractivity contribution in [1.82, 2.24) is 9.13 Å². The van der Waals surface area contributed by atoms with Gasteiger partial charge >= 0.3 is 8.56 Å². The summed E-state index contributed by atoms with van der Waals surface area (Å²) in [5, 5.41) is 0. The molecule has 0 aliphatic carbocycles. The van der Waals surface area contributed by atoms with Gasteiger partial charge in [-0.3, -0.25) is 0 Å². The van der Waals surface area contributed by atoms with E-state index in [4.69, 9.17) is 8.23 Å². The summed E-state index contributed by atoms with van der Waals surface area (Å²) in [6, 6.07) is 2.45. The number of rotatable bonds is 14. The van der Waals surface area contributed by atoms with Crippen molar-refractivity contribution in [2.45, 2.75) is 103 Å². The maximum absolute atomic E-state index is 6.83. The molecule has 0 aromatic heterocycles. The molecule has 0 rings (SSSR count). The average molecular weight is 495 g/mol. The summed E-state index contributed by atoms with van der Waals surface area (Å²) >= 11 is 0. The van der Waals surface area contributed by atoms with E-state index in [0.29, 0.717) is 0 Å². The highest BCUT2D eigenvalue weighted by atomic mass is 28.5. The van der Waals surface area contributed by atoms with Crippen molar-refractivity contribution in [1.29, 1.82) is 0 Å². The van der Waals surface area contributed by atoms with Gasteiger partial charge in [0.05, 0.1) is 0 Å². The van der Waals surface area contributed by atoms with E-state index in [1.165, 1.54) is 31.5 Å². The van der Waals surface area contributed by atoms with E-state index in [2.05, 4.69) is 102 Å². The summed E-state index contributed by atoms with van der Waals surface area (Å²) < 4.78 is 16.5. The Morgan fingerprint density at radius 3 is 1.21 bits per heavy atom. The third-order valence-electron chi connectivity index (χ3n) is 5.21. The second-order valence-electron chi connectivity index (χ2n) is 12.6. The maximum Gasteiger partial charge on any atom is 0.311 e. The molecule has 0 spiro atoms. The first-order valence-electron chi connectivity index (χ1n) is 11.5. The van der Waals surface area contributed by atoms with Crippen LogP contribution < -0.4 is 0 Å². The number of hydrogen-bond donors (Lipinski definition) is 0. The van der Waals surface area contributed by atoms with Crippen molar-refractivity contribution in [3.63, 3.8) is 0 Å². The highest BCUT2D eigenvalue weighted by molar-refractivity contribution is 6.89. The molecule has 0 saturated heterocycles. The highest BCUT2D eigenvalue weighted by Crippen LogP contribution is 2.27. The molecule has 0 heterocycles. The van der Waals surface area contributed by atoms with Crippen LogP contribution in [-0.2, 0) is 8.23 Å². The van der Waals surface area contributed by atoms with Crippen LogP contribution in [0.1, 0.15) is 12.8 Å². The van der Waals surface area contributed by atoms with Crippen molar-refractivity contribution in [3.8, 4) is 0 Å². The third kappa shape index (κ3) is 13.8. The Kier molecular flexibility index (Phi) is 11.5. The Balaban J connectivity index is 4.77. The molecule has 176 valence electrons. The Morgan fingerprint density at radius 1 is 0.552 bits per heavy atom. The van der Waals surface area contributed by atoms with Gasteiger partial charge in [0.25, 0.3) is 0 Å². The molecule has 0 amide bonds. The number of nitrogens with zero attached hydrogens (tertiary/aromatic N) is 2. The molecule has 0 bridgehead atoms. The normalized spacial score (nSPS) is 14.9. The van der Waals surface area contributed by atoms with Gasteiger partial charge < -0.3 is 17.4 Å². The van der Waals surface area contributed by atoms with Gasteiger partial charge in [-0.1, -0.05) is 39.3 Å². The summed E-state index contributed by atoms with van der Waals surface area (Å²) in [6.45, 7) is 31.5. The minimum atomic E-state index is -2.09. The van der Waals surface area contributed by atoms with Crippen molar-refractivity contribution in [2.75, 3.05) is 27.2 Å². The second kappa shape index (κ2) is 11.2. The van der Waals surface area contributed by atoms with E-state index in [1.807, 2.05) is 0 Å². The SMILES string of the molecule is CN(C)CCC[Si](C)(C)O[Si](C)(C)O[Si](C)(C)CCCN([Si](C)(C)C)[Si](C)(C)C. The van der Waals surface area contributed by atoms with Gasteiger partial charge in [0.2, 0.25) is 0 Å². The second-order valence-corrected chi connectivity index (χ2v) is 35.3. The lowest BCUT2D eigenvalue weighted by molar-refractivity contribution is 0.377. The van der Waals surface area contributed by atoms with E-state index < -0.39 is 41.7 Å². The van der Waals surface area contributed by atoms with Crippen LogP contribution in [0.5, 0.6) is 0 Å². The van der Waals surface area contributed by atoms with Crippen molar-refractivity contribution >= 4 is 41.7 Å². The topological polar surface area (TPSA) is 24.9 Å². The van der Waals surface area contributed by atoms with Crippen molar-refractivity contribution in [2.24, 2.45) is 0 Å². The molecule has 0 fully saturated rings. The maximum atomic E-state index is 6.83. The van der Waals surface area contributed by atoms with E-state index in [9.17, 15) is 0 Å². The van der Waals surface area contributed by atoms with Crippen LogP contribution in [0.4, 0.5) is 0 Å². The lowest BCUT2D eigenvalue weighted by atomic mass is 10.5.